The molecule has 2 atom stereocenters. The van der Waals surface area contributed by atoms with Crippen LogP contribution in [0.5, 0.6) is 17.2 Å². The standard InChI is InChI=1S/C21H25N3O5/c1-27-15-7-4-13(5-8-15)18(25)12-22-21(26)17-11-16(23-24-17)14-6-9-19(28-2)20(10-14)29-3/h4-10,16-17,23-24H,11-12H2,1-3H3,(H,22,26). The van der Waals surface area contributed by atoms with Gasteiger partial charge in [-0.25, -0.2) is 10.9 Å². The molecule has 0 spiro atoms. The van der Waals surface area contributed by atoms with E-state index in [2.05, 4.69) is 16.2 Å². The van der Waals surface area contributed by atoms with Crippen molar-refractivity contribution < 1.29 is 23.8 Å². The smallest absolute Gasteiger partial charge is 0.238 e. The molecule has 1 aliphatic heterocycles. The third kappa shape index (κ3) is 4.85. The highest BCUT2D eigenvalue weighted by Crippen LogP contribution is 2.32. The maximum absolute atomic E-state index is 12.5. The fourth-order valence-electron chi connectivity index (χ4n) is 3.19. The predicted octanol–water partition coefficient (Wildman–Crippen LogP) is 1.62. The molecule has 8 heteroatoms. The van der Waals surface area contributed by atoms with Crippen LogP contribution in [0.4, 0.5) is 0 Å². The molecule has 2 unspecified atom stereocenters. The lowest BCUT2D eigenvalue weighted by atomic mass is 10.0. The summed E-state index contributed by atoms with van der Waals surface area (Å²) < 4.78 is 15.7. The molecule has 1 aliphatic rings. The van der Waals surface area contributed by atoms with Gasteiger partial charge in [0.05, 0.1) is 27.9 Å². The zero-order valence-corrected chi connectivity index (χ0v) is 16.7. The van der Waals surface area contributed by atoms with Gasteiger partial charge in [-0.1, -0.05) is 6.07 Å². The van der Waals surface area contributed by atoms with E-state index in [1.165, 1.54) is 0 Å². The Morgan fingerprint density at radius 2 is 1.69 bits per heavy atom. The van der Waals surface area contributed by atoms with Gasteiger partial charge in [-0.05, 0) is 48.4 Å². The minimum Gasteiger partial charge on any atom is -0.497 e. The maximum Gasteiger partial charge on any atom is 0.238 e. The summed E-state index contributed by atoms with van der Waals surface area (Å²) in [6, 6.07) is 11.9. The van der Waals surface area contributed by atoms with Crippen LogP contribution < -0.4 is 30.4 Å². The summed E-state index contributed by atoms with van der Waals surface area (Å²) in [7, 11) is 4.73. The Morgan fingerprint density at radius 1 is 0.966 bits per heavy atom. The molecule has 0 saturated carbocycles. The van der Waals surface area contributed by atoms with Gasteiger partial charge in [-0.15, -0.1) is 0 Å². The lowest BCUT2D eigenvalue weighted by Gasteiger charge is -2.13. The molecule has 1 amide bonds. The number of rotatable bonds is 8. The van der Waals surface area contributed by atoms with Crippen molar-refractivity contribution in [3.63, 3.8) is 0 Å². The van der Waals surface area contributed by atoms with Gasteiger partial charge < -0.3 is 19.5 Å². The molecular formula is C21H25N3O5. The van der Waals surface area contributed by atoms with Crippen molar-refractivity contribution in [1.82, 2.24) is 16.2 Å². The van der Waals surface area contributed by atoms with E-state index in [1.807, 2.05) is 18.2 Å². The van der Waals surface area contributed by atoms with Crippen LogP contribution in [-0.2, 0) is 4.79 Å². The molecule has 3 N–H and O–H groups in total. The Kier molecular flexibility index (Phi) is 6.69. The van der Waals surface area contributed by atoms with Crippen molar-refractivity contribution in [2.24, 2.45) is 0 Å². The van der Waals surface area contributed by atoms with E-state index < -0.39 is 6.04 Å². The van der Waals surface area contributed by atoms with Crippen LogP contribution in [0, 0.1) is 0 Å². The van der Waals surface area contributed by atoms with Gasteiger partial charge in [0.25, 0.3) is 0 Å². The lowest BCUT2D eigenvalue weighted by Crippen LogP contribution is -2.44. The van der Waals surface area contributed by atoms with Crippen molar-refractivity contribution in [2.75, 3.05) is 27.9 Å². The number of nitrogens with one attached hydrogen (secondary N) is 3. The number of hydrogen-bond acceptors (Lipinski definition) is 7. The quantitative estimate of drug-likeness (QED) is 0.580. The van der Waals surface area contributed by atoms with Gasteiger partial charge in [-0.3, -0.25) is 9.59 Å². The summed E-state index contributed by atoms with van der Waals surface area (Å²) in [4.78, 5) is 24.7. The fourth-order valence-corrected chi connectivity index (χ4v) is 3.19. The van der Waals surface area contributed by atoms with Crippen LogP contribution in [-0.4, -0.2) is 45.6 Å². The van der Waals surface area contributed by atoms with E-state index in [0.29, 0.717) is 29.2 Å². The van der Waals surface area contributed by atoms with Crippen LogP contribution in [0.3, 0.4) is 0 Å². The van der Waals surface area contributed by atoms with Crippen LogP contribution in [0.1, 0.15) is 28.4 Å². The van der Waals surface area contributed by atoms with Crippen LogP contribution in [0.15, 0.2) is 42.5 Å². The third-order valence-corrected chi connectivity index (χ3v) is 4.86. The SMILES string of the molecule is COc1ccc(C(=O)CNC(=O)C2CC(c3ccc(OC)c(OC)c3)NN2)cc1. The number of ketones is 1. The summed E-state index contributed by atoms with van der Waals surface area (Å²) in [5.41, 5.74) is 7.60. The Morgan fingerprint density at radius 3 is 2.34 bits per heavy atom. The number of ether oxygens (including phenoxy) is 3. The maximum atomic E-state index is 12.5. The highest BCUT2D eigenvalue weighted by molar-refractivity contribution is 5.99. The molecule has 2 aromatic rings. The highest BCUT2D eigenvalue weighted by atomic mass is 16.5. The van der Waals surface area contributed by atoms with Gasteiger partial charge in [0.2, 0.25) is 5.91 Å². The zero-order chi connectivity index (χ0) is 20.8. The number of carbonyl (C=O) groups excluding carboxylic acids is 2. The second kappa shape index (κ2) is 9.40. The number of Topliss-reactive ketones (excluding diaryl/α,β-unsaturated/α-hetero) is 1. The molecule has 154 valence electrons. The largest absolute Gasteiger partial charge is 0.497 e. The first-order valence-electron chi connectivity index (χ1n) is 9.23. The second-order valence-electron chi connectivity index (χ2n) is 6.61. The normalized spacial score (nSPS) is 18.2. The Bertz CT molecular complexity index is 869. The predicted molar refractivity (Wildman–Crippen MR) is 107 cm³/mol. The molecule has 0 bridgehead atoms. The van der Waals surface area contributed by atoms with E-state index in [-0.39, 0.29) is 24.3 Å². The Labute approximate surface area is 169 Å². The molecule has 2 aromatic carbocycles. The van der Waals surface area contributed by atoms with Gasteiger partial charge in [-0.2, -0.15) is 0 Å². The molecule has 8 nitrogen and oxygen atoms in total. The first-order valence-corrected chi connectivity index (χ1v) is 9.23. The molecule has 1 heterocycles. The van der Waals surface area contributed by atoms with Gasteiger partial charge in [0.1, 0.15) is 11.8 Å². The average molecular weight is 399 g/mol. The summed E-state index contributed by atoms with van der Waals surface area (Å²) in [5, 5.41) is 2.70. The van der Waals surface area contributed by atoms with Crippen molar-refractivity contribution in [3.8, 4) is 17.2 Å². The minimum absolute atomic E-state index is 0.0651. The molecular weight excluding hydrogens is 374 g/mol. The molecule has 29 heavy (non-hydrogen) atoms. The zero-order valence-electron chi connectivity index (χ0n) is 16.7. The van der Waals surface area contributed by atoms with Crippen molar-refractivity contribution in [2.45, 2.75) is 18.5 Å². The number of carbonyl (C=O) groups is 2. The monoisotopic (exact) mass is 399 g/mol. The number of amides is 1. The topological polar surface area (TPSA) is 97.9 Å². The van der Waals surface area contributed by atoms with E-state index >= 15 is 0 Å². The Balaban J connectivity index is 1.54. The van der Waals surface area contributed by atoms with Crippen LogP contribution >= 0.6 is 0 Å². The van der Waals surface area contributed by atoms with E-state index in [0.717, 1.165) is 5.56 Å². The molecule has 3 rings (SSSR count). The van der Waals surface area contributed by atoms with E-state index in [4.69, 9.17) is 14.2 Å². The van der Waals surface area contributed by atoms with Gasteiger partial charge >= 0.3 is 0 Å². The van der Waals surface area contributed by atoms with E-state index in [9.17, 15) is 9.59 Å². The number of hydrogen-bond donors (Lipinski definition) is 3. The van der Waals surface area contributed by atoms with Crippen molar-refractivity contribution >= 4 is 11.7 Å². The van der Waals surface area contributed by atoms with Crippen molar-refractivity contribution in [3.05, 3.63) is 53.6 Å². The molecule has 0 aromatic heterocycles. The highest BCUT2D eigenvalue weighted by Gasteiger charge is 2.30. The lowest BCUT2D eigenvalue weighted by molar-refractivity contribution is -0.122. The summed E-state index contributed by atoms with van der Waals surface area (Å²) in [5.74, 6) is 1.55. The third-order valence-electron chi connectivity index (χ3n) is 4.86. The van der Waals surface area contributed by atoms with Gasteiger partial charge in [0, 0.05) is 11.6 Å². The van der Waals surface area contributed by atoms with Crippen molar-refractivity contribution in [1.29, 1.82) is 0 Å². The first-order chi connectivity index (χ1) is 14.0. The number of benzene rings is 2. The first kappa shape index (κ1) is 20.6. The average Bonchev–Trinajstić information content (AvgIpc) is 3.27. The molecule has 1 fully saturated rings. The number of methoxy groups -OCH3 is 3. The van der Waals surface area contributed by atoms with Gasteiger partial charge in [0.15, 0.2) is 17.3 Å². The fraction of sp³-hybridized carbons (Fsp3) is 0.333. The van der Waals surface area contributed by atoms with E-state index in [1.54, 1.807) is 45.6 Å². The number of hydrazine groups is 1. The second-order valence-corrected chi connectivity index (χ2v) is 6.61. The Hall–Kier alpha value is -3.10. The summed E-state index contributed by atoms with van der Waals surface area (Å²) >= 11 is 0. The van der Waals surface area contributed by atoms with Crippen LogP contribution in [0.25, 0.3) is 0 Å². The summed E-state index contributed by atoms with van der Waals surface area (Å²) in [6.07, 6.45) is 0.540. The van der Waals surface area contributed by atoms with Crippen LogP contribution in [0.2, 0.25) is 0 Å². The summed E-state index contributed by atoms with van der Waals surface area (Å²) in [6.45, 7) is -0.0651. The minimum atomic E-state index is -0.447. The molecule has 0 aliphatic carbocycles. The molecule has 0 radical (unpaired) electrons. The molecule has 1 saturated heterocycles.